The molecule has 0 aromatic carbocycles. The van der Waals surface area contributed by atoms with Gasteiger partial charge in [-0.2, -0.15) is 0 Å². The van der Waals surface area contributed by atoms with Crippen LogP contribution in [0.5, 0.6) is 0 Å². The lowest BCUT2D eigenvalue weighted by atomic mass is 9.82. The number of likely N-dealkylation sites (tertiary alicyclic amines) is 1. The Balaban J connectivity index is 2.12. The summed E-state index contributed by atoms with van der Waals surface area (Å²) in [5, 5.41) is 11.1. The van der Waals surface area contributed by atoms with E-state index in [-0.39, 0.29) is 6.09 Å². The predicted molar refractivity (Wildman–Crippen MR) is 62.5 cm³/mol. The second-order valence-corrected chi connectivity index (χ2v) is 4.52. The van der Waals surface area contributed by atoms with Crippen molar-refractivity contribution in [1.29, 1.82) is 0 Å². The number of piperidine rings is 1. The number of nitrogens with zero attached hydrogens (tertiary/aromatic N) is 2. The first-order chi connectivity index (χ1) is 8.08. The molecule has 5 heteroatoms. The Morgan fingerprint density at radius 2 is 2.41 bits per heavy atom. The molecule has 0 bridgehead atoms. The molecule has 0 aromatic rings. The molecule has 2 rings (SSSR count). The molecule has 1 unspecified atom stereocenters. The Labute approximate surface area is 101 Å². The SMILES string of the molecule is CCOC(=O)N1CCC2(C)C(=CC=CN2O)C1. The number of carbonyl (C=O) groups excluding carboxylic acids is 1. The Hall–Kier alpha value is -1.49. The van der Waals surface area contributed by atoms with Crippen LogP contribution in [0.25, 0.3) is 0 Å². The molecule has 1 atom stereocenters. The molecule has 0 aliphatic carbocycles. The fraction of sp³-hybridized carbons (Fsp3) is 0.583. The van der Waals surface area contributed by atoms with Crippen LogP contribution in [-0.4, -0.2) is 46.5 Å². The number of carbonyl (C=O) groups is 1. The molecule has 1 saturated heterocycles. The van der Waals surface area contributed by atoms with E-state index in [9.17, 15) is 10.0 Å². The van der Waals surface area contributed by atoms with Crippen molar-refractivity contribution in [2.45, 2.75) is 25.8 Å². The zero-order chi connectivity index (χ0) is 12.5. The van der Waals surface area contributed by atoms with E-state index < -0.39 is 5.54 Å². The van der Waals surface area contributed by atoms with Gasteiger partial charge in [-0.05, 0) is 31.9 Å². The molecular weight excluding hydrogens is 220 g/mol. The van der Waals surface area contributed by atoms with Crippen molar-refractivity contribution < 1.29 is 14.7 Å². The summed E-state index contributed by atoms with van der Waals surface area (Å²) in [7, 11) is 0. The third-order valence-electron chi connectivity index (χ3n) is 3.48. The largest absolute Gasteiger partial charge is 0.450 e. The summed E-state index contributed by atoms with van der Waals surface area (Å²) in [6.45, 7) is 5.26. The van der Waals surface area contributed by atoms with Crippen molar-refractivity contribution in [1.82, 2.24) is 9.96 Å². The van der Waals surface area contributed by atoms with Crippen LogP contribution in [0.3, 0.4) is 0 Å². The number of hydroxylamine groups is 2. The van der Waals surface area contributed by atoms with E-state index in [1.54, 1.807) is 24.1 Å². The molecule has 0 aromatic heterocycles. The maximum atomic E-state index is 11.6. The van der Waals surface area contributed by atoms with Crippen LogP contribution in [0, 0.1) is 0 Å². The summed E-state index contributed by atoms with van der Waals surface area (Å²) in [4.78, 5) is 13.3. The monoisotopic (exact) mass is 238 g/mol. The van der Waals surface area contributed by atoms with E-state index in [1.807, 2.05) is 13.0 Å². The Morgan fingerprint density at radius 1 is 1.65 bits per heavy atom. The molecule has 1 amide bonds. The fourth-order valence-corrected chi connectivity index (χ4v) is 2.24. The molecule has 0 radical (unpaired) electrons. The van der Waals surface area contributed by atoms with Gasteiger partial charge in [-0.15, -0.1) is 0 Å². The van der Waals surface area contributed by atoms with Gasteiger partial charge < -0.3 is 9.64 Å². The van der Waals surface area contributed by atoms with Crippen LogP contribution in [0.15, 0.2) is 23.9 Å². The molecule has 5 nitrogen and oxygen atoms in total. The molecule has 2 heterocycles. The van der Waals surface area contributed by atoms with Gasteiger partial charge in [0.2, 0.25) is 0 Å². The molecular formula is C12H18N2O3. The van der Waals surface area contributed by atoms with E-state index in [4.69, 9.17) is 4.74 Å². The lowest BCUT2D eigenvalue weighted by molar-refractivity contribution is -0.122. The summed E-state index contributed by atoms with van der Waals surface area (Å²) >= 11 is 0. The Morgan fingerprint density at radius 3 is 3.12 bits per heavy atom. The molecule has 1 N–H and O–H groups in total. The van der Waals surface area contributed by atoms with Crippen LogP contribution in [0.1, 0.15) is 20.3 Å². The standard InChI is InChI=1S/C12H18N2O3/c1-3-17-11(15)13-8-6-12(2)10(9-13)5-4-7-14(12)16/h4-5,7,16H,3,6,8-9H2,1-2H3. The van der Waals surface area contributed by atoms with Crippen LogP contribution < -0.4 is 0 Å². The zero-order valence-electron chi connectivity index (χ0n) is 10.2. The first-order valence-corrected chi connectivity index (χ1v) is 5.85. The Kier molecular flexibility index (Phi) is 3.11. The van der Waals surface area contributed by atoms with Gasteiger partial charge in [0.15, 0.2) is 0 Å². The van der Waals surface area contributed by atoms with E-state index in [0.29, 0.717) is 26.1 Å². The third-order valence-corrected chi connectivity index (χ3v) is 3.48. The highest BCUT2D eigenvalue weighted by molar-refractivity contribution is 5.68. The highest BCUT2D eigenvalue weighted by Crippen LogP contribution is 2.34. The number of hydrogen-bond acceptors (Lipinski definition) is 4. The molecule has 94 valence electrons. The lowest BCUT2D eigenvalue weighted by Gasteiger charge is -2.46. The minimum Gasteiger partial charge on any atom is -0.450 e. The Bertz CT molecular complexity index is 378. The number of rotatable bonds is 1. The summed E-state index contributed by atoms with van der Waals surface area (Å²) in [6, 6.07) is 0. The normalized spacial score (nSPS) is 27.6. The van der Waals surface area contributed by atoms with Gasteiger partial charge in [-0.1, -0.05) is 6.08 Å². The van der Waals surface area contributed by atoms with Gasteiger partial charge in [-0.25, -0.2) is 4.79 Å². The fourth-order valence-electron chi connectivity index (χ4n) is 2.24. The maximum absolute atomic E-state index is 11.6. The van der Waals surface area contributed by atoms with Crippen LogP contribution >= 0.6 is 0 Å². The second-order valence-electron chi connectivity index (χ2n) is 4.52. The van der Waals surface area contributed by atoms with Gasteiger partial charge in [-0.3, -0.25) is 10.3 Å². The highest BCUT2D eigenvalue weighted by atomic mass is 16.6. The topological polar surface area (TPSA) is 53.0 Å². The van der Waals surface area contributed by atoms with Crippen LogP contribution in [0.4, 0.5) is 4.79 Å². The number of fused-ring (bicyclic) bond motifs is 1. The molecule has 1 fully saturated rings. The first kappa shape index (κ1) is 12.0. The van der Waals surface area contributed by atoms with Gasteiger partial charge in [0.25, 0.3) is 0 Å². The van der Waals surface area contributed by atoms with Gasteiger partial charge >= 0.3 is 6.09 Å². The van der Waals surface area contributed by atoms with Crippen LogP contribution in [-0.2, 0) is 4.74 Å². The number of ether oxygens (including phenoxy) is 1. The summed E-state index contributed by atoms with van der Waals surface area (Å²) in [5.41, 5.74) is 0.638. The van der Waals surface area contributed by atoms with Crippen molar-refractivity contribution >= 4 is 6.09 Å². The summed E-state index contributed by atoms with van der Waals surface area (Å²) < 4.78 is 4.99. The molecule has 0 spiro atoms. The summed E-state index contributed by atoms with van der Waals surface area (Å²) in [5.74, 6) is 0. The first-order valence-electron chi connectivity index (χ1n) is 5.85. The van der Waals surface area contributed by atoms with Crippen molar-refractivity contribution in [3.05, 3.63) is 23.9 Å². The van der Waals surface area contributed by atoms with E-state index in [0.717, 1.165) is 5.57 Å². The van der Waals surface area contributed by atoms with Gasteiger partial charge in [0, 0.05) is 19.3 Å². The van der Waals surface area contributed by atoms with E-state index in [1.165, 1.54) is 5.06 Å². The smallest absolute Gasteiger partial charge is 0.410 e. The number of hydrogen-bond donors (Lipinski definition) is 1. The van der Waals surface area contributed by atoms with Crippen LogP contribution in [0.2, 0.25) is 0 Å². The minimum absolute atomic E-state index is 0.283. The van der Waals surface area contributed by atoms with Crippen molar-refractivity contribution in [3.63, 3.8) is 0 Å². The van der Waals surface area contributed by atoms with Crippen molar-refractivity contribution in [3.8, 4) is 0 Å². The third kappa shape index (κ3) is 2.02. The quantitative estimate of drug-likeness (QED) is 0.756. The maximum Gasteiger partial charge on any atom is 0.410 e. The summed E-state index contributed by atoms with van der Waals surface area (Å²) in [6.07, 6.45) is 5.79. The lowest BCUT2D eigenvalue weighted by Crippen LogP contribution is -2.54. The average Bonchev–Trinajstić information content (AvgIpc) is 2.30. The molecule has 17 heavy (non-hydrogen) atoms. The van der Waals surface area contributed by atoms with Gasteiger partial charge in [0.1, 0.15) is 0 Å². The average molecular weight is 238 g/mol. The minimum atomic E-state index is -0.391. The number of amides is 1. The predicted octanol–water partition coefficient (Wildman–Crippen LogP) is 1.75. The second kappa shape index (κ2) is 4.41. The van der Waals surface area contributed by atoms with Crippen molar-refractivity contribution in [2.24, 2.45) is 0 Å². The highest BCUT2D eigenvalue weighted by Gasteiger charge is 2.40. The van der Waals surface area contributed by atoms with E-state index >= 15 is 0 Å². The number of allylic oxidation sites excluding steroid dienone is 2. The molecule has 2 aliphatic heterocycles. The zero-order valence-corrected chi connectivity index (χ0v) is 10.2. The van der Waals surface area contributed by atoms with E-state index in [2.05, 4.69) is 0 Å². The molecule has 2 aliphatic rings. The van der Waals surface area contributed by atoms with Gasteiger partial charge in [0.05, 0.1) is 12.1 Å². The van der Waals surface area contributed by atoms with Crippen molar-refractivity contribution in [2.75, 3.05) is 19.7 Å². The molecule has 0 saturated carbocycles.